The maximum atomic E-state index is 7.13. The van der Waals surface area contributed by atoms with Crippen molar-refractivity contribution < 1.29 is 54.6 Å². The molecule has 0 radical (unpaired) electrons. The summed E-state index contributed by atoms with van der Waals surface area (Å²) in [6, 6.07) is 0.752. The largest absolute Gasteiger partial charge is 0.752 e. The number of piperidine rings is 3. The summed E-state index contributed by atoms with van der Waals surface area (Å²) < 4.78 is 1.36. The minimum Gasteiger partial charge on any atom is -0.752 e. The van der Waals surface area contributed by atoms with Crippen molar-refractivity contribution >= 4 is 94.2 Å². The van der Waals surface area contributed by atoms with Gasteiger partial charge < -0.3 is 71.8 Å². The third-order valence-corrected chi connectivity index (χ3v) is 13.7. The van der Waals surface area contributed by atoms with Crippen molar-refractivity contribution in [3.8, 4) is 10.8 Å². The van der Waals surface area contributed by atoms with E-state index >= 15 is 0 Å². The molecule has 0 aromatic carbocycles. The van der Waals surface area contributed by atoms with E-state index < -0.39 is 0 Å². The Labute approximate surface area is 421 Å². The number of hydrogen-bond acceptors (Lipinski definition) is 12. The molecule has 4 aliphatic heterocycles. The molecule has 2 saturated carbocycles. The maximum absolute atomic E-state index is 7.13. The molecule has 318 valence electrons. The SMILES string of the molecule is N#C[S-].N#C[S-].[Cd].[Cd].[S-]C(=NN=C(C1CC=CC[N-]1)C1CCCC[N-]1)SCC1CCCCC1.[S-]C(=NN=C(C1CCCC[N-]1)C1CCCC[N-]1)SCC1CCCCC1. The Bertz CT molecular complexity index is 1280. The predicted molar refractivity (Wildman–Crippen MR) is 252 cm³/mol. The molecule has 6 aliphatic rings. The molecule has 5 fully saturated rings. The summed E-state index contributed by atoms with van der Waals surface area (Å²) in [5, 5.41) is 54.1. The molecule has 0 aromatic rings. The fourth-order valence-corrected chi connectivity index (χ4v) is 10.0. The number of nitriles is 2. The molecule has 0 N–H and O–H groups in total. The summed E-state index contributed by atoms with van der Waals surface area (Å²) in [5.41, 5.74) is 2.12. The third-order valence-electron chi connectivity index (χ3n) is 10.9. The zero-order valence-corrected chi connectivity index (χ0v) is 47.3. The van der Waals surface area contributed by atoms with Gasteiger partial charge >= 0.3 is 0 Å². The van der Waals surface area contributed by atoms with Crippen LogP contribution in [0.5, 0.6) is 0 Å². The summed E-state index contributed by atoms with van der Waals surface area (Å²) in [5.74, 6) is 3.82. The van der Waals surface area contributed by atoms with Gasteiger partial charge in [0, 0.05) is 77.5 Å². The Morgan fingerprint density at radius 1 is 0.517 bits per heavy atom. The fraction of sp³-hybridized carbons (Fsp3) is 0.800. The van der Waals surface area contributed by atoms with E-state index in [1.165, 1.54) is 114 Å². The van der Waals surface area contributed by atoms with Crippen LogP contribution < -0.4 is 0 Å². The number of thiocyanates is 2. The molecule has 4 unspecified atom stereocenters. The first-order chi connectivity index (χ1) is 27.5. The van der Waals surface area contributed by atoms with Crippen molar-refractivity contribution in [2.45, 2.75) is 153 Å². The quantitative estimate of drug-likeness (QED) is 0.0399. The Balaban J connectivity index is 0.000000496. The van der Waals surface area contributed by atoms with Gasteiger partial charge in [-0.05, 0) is 52.7 Å². The maximum Gasteiger partial charge on any atom is 0.00601 e. The second kappa shape index (κ2) is 37.1. The van der Waals surface area contributed by atoms with E-state index in [1.54, 1.807) is 23.5 Å². The molecule has 58 heavy (non-hydrogen) atoms. The molecule has 0 spiro atoms. The minimum atomic E-state index is 0. The second-order valence-corrected chi connectivity index (χ2v) is 18.6. The molecule has 0 aromatic heterocycles. The monoisotopic (exact) mass is 1100 g/mol. The van der Waals surface area contributed by atoms with E-state index in [-0.39, 0.29) is 78.8 Å². The summed E-state index contributed by atoms with van der Waals surface area (Å²) in [6.45, 7) is 3.62. The number of thioether (sulfide) groups is 2. The Hall–Kier alpha value is 0.664. The Kier molecular flexibility index (Phi) is 36.2. The van der Waals surface area contributed by atoms with Crippen molar-refractivity contribution in [3.63, 3.8) is 0 Å². The molecule has 3 saturated heterocycles. The molecular weight excluding hydrogens is 1040 g/mol. The van der Waals surface area contributed by atoms with Crippen LogP contribution in [0, 0.1) is 33.2 Å². The van der Waals surface area contributed by atoms with Gasteiger partial charge in [-0.2, -0.15) is 20.4 Å². The standard InChI is InChI=1S/C19H32N4S2.C19H30N4S2.2CHNS.2Cd/c2*24-19(25-14-15-8-2-1-3-9-15)23-22-18(16-10-4-6-12-20-16)17-11-5-7-13-21-17;2*2-1-3;;/h15-17H,1-14H2,(H,23,24);4,6,15-17H,1-3,5,7-14H2,(H,23,24);2*3H;;/q2*-2;;;;/p-4. The van der Waals surface area contributed by atoms with Crippen LogP contribution in [0.1, 0.15) is 128 Å². The zero-order valence-electron chi connectivity index (χ0n) is 34.3. The fourth-order valence-electron chi connectivity index (χ4n) is 7.92. The van der Waals surface area contributed by atoms with E-state index in [4.69, 9.17) is 57.0 Å². The summed E-state index contributed by atoms with van der Waals surface area (Å²) >= 11 is 21.7. The van der Waals surface area contributed by atoms with Crippen LogP contribution in [-0.2, 0) is 105 Å². The smallest absolute Gasteiger partial charge is 0.00601 e. The second-order valence-electron chi connectivity index (χ2n) is 14.9. The minimum absolute atomic E-state index is 0. The van der Waals surface area contributed by atoms with Crippen molar-refractivity contribution in [2.24, 2.45) is 32.2 Å². The molecule has 4 atom stereocenters. The molecular formula is C40H60Cd2N10S6-8. The van der Waals surface area contributed by atoms with Crippen molar-refractivity contribution in [3.05, 3.63) is 33.4 Å². The van der Waals surface area contributed by atoms with E-state index in [0.717, 1.165) is 86.6 Å². The average molecular weight is 1100 g/mol. The Morgan fingerprint density at radius 2 is 0.879 bits per heavy atom. The molecule has 2 aliphatic carbocycles. The Morgan fingerprint density at radius 3 is 1.21 bits per heavy atom. The van der Waals surface area contributed by atoms with Crippen molar-refractivity contribution in [2.75, 3.05) is 37.7 Å². The van der Waals surface area contributed by atoms with Gasteiger partial charge in [-0.15, -0.1) is 55.8 Å². The van der Waals surface area contributed by atoms with Crippen LogP contribution in [0.25, 0.3) is 21.3 Å². The molecule has 4 heterocycles. The van der Waals surface area contributed by atoms with E-state index in [0.29, 0.717) is 8.75 Å². The zero-order chi connectivity index (χ0) is 40.1. The van der Waals surface area contributed by atoms with Gasteiger partial charge in [0.05, 0.1) is 0 Å². The summed E-state index contributed by atoms with van der Waals surface area (Å²) in [6.07, 6.45) is 29.5. The first kappa shape index (κ1) is 56.7. The van der Waals surface area contributed by atoms with Crippen LogP contribution in [0.4, 0.5) is 0 Å². The van der Waals surface area contributed by atoms with E-state index in [2.05, 4.69) is 57.8 Å². The number of rotatable bonds is 10. The van der Waals surface area contributed by atoms with Crippen molar-refractivity contribution in [1.82, 2.24) is 0 Å². The predicted octanol–water partition coefficient (Wildman–Crippen LogP) is 10.6. The normalized spacial score (nSPS) is 25.7. The van der Waals surface area contributed by atoms with Crippen LogP contribution in [0.15, 0.2) is 32.6 Å². The van der Waals surface area contributed by atoms with Crippen LogP contribution in [-0.4, -0.2) is 82.0 Å². The molecule has 18 heteroatoms. The summed E-state index contributed by atoms with van der Waals surface area (Å²) in [7, 11) is 0. The summed E-state index contributed by atoms with van der Waals surface area (Å²) in [4.78, 5) is 0. The van der Waals surface area contributed by atoms with E-state index in [1.807, 2.05) is 0 Å². The van der Waals surface area contributed by atoms with Gasteiger partial charge in [-0.25, -0.2) is 10.5 Å². The van der Waals surface area contributed by atoms with E-state index in [9.17, 15) is 0 Å². The van der Waals surface area contributed by atoms with Crippen LogP contribution >= 0.6 is 23.5 Å². The topological polar surface area (TPSA) is 153 Å². The first-order valence-corrected chi connectivity index (χ1v) is 24.3. The van der Waals surface area contributed by atoms with Gasteiger partial charge in [0.25, 0.3) is 0 Å². The molecule has 0 amide bonds. The number of hydrogen-bond donors (Lipinski definition) is 0. The van der Waals surface area contributed by atoms with Crippen LogP contribution in [0.2, 0.25) is 0 Å². The number of nitrogens with zero attached hydrogens (tertiary/aromatic N) is 10. The van der Waals surface area contributed by atoms with Crippen LogP contribution in [0.3, 0.4) is 0 Å². The van der Waals surface area contributed by atoms with Gasteiger partial charge in [-0.3, -0.25) is 0 Å². The van der Waals surface area contributed by atoms with Gasteiger partial charge in [0.2, 0.25) is 0 Å². The van der Waals surface area contributed by atoms with Gasteiger partial charge in [0.15, 0.2) is 0 Å². The van der Waals surface area contributed by atoms with Crippen molar-refractivity contribution in [1.29, 1.82) is 10.5 Å². The molecule has 10 nitrogen and oxygen atoms in total. The molecule has 6 rings (SSSR count). The third kappa shape index (κ3) is 24.5. The average Bonchev–Trinajstić information content (AvgIpc) is 3.25. The van der Waals surface area contributed by atoms with Gasteiger partial charge in [0.1, 0.15) is 0 Å². The molecule has 0 bridgehead atoms. The first-order valence-electron chi connectivity index (χ1n) is 20.7. The van der Waals surface area contributed by atoms with Gasteiger partial charge in [-0.1, -0.05) is 137 Å².